The first kappa shape index (κ1) is 29.3. The van der Waals surface area contributed by atoms with Gasteiger partial charge >= 0.3 is 6.18 Å². The standard InChI is InChI=1S/C24H26F4N6O5/c1-2-38-21-11-16(5-7-29-21)13-30-23(36)18-14-34(33-32-18)19-4-3-17(22(35)31-15-24(26,27)28)12-20(19)39-10-9-37-8-6-25/h3-5,7,11-12,14H,2,6,8-10,13,15H2,1H3,(H,30,36)(H,31,35). The van der Waals surface area contributed by atoms with Crippen LogP contribution in [0.4, 0.5) is 17.6 Å². The van der Waals surface area contributed by atoms with E-state index in [0.29, 0.717) is 12.5 Å². The summed E-state index contributed by atoms with van der Waals surface area (Å²) in [5.74, 6) is -1.02. The van der Waals surface area contributed by atoms with Crippen LogP contribution in [0.3, 0.4) is 0 Å². The van der Waals surface area contributed by atoms with Crippen molar-refractivity contribution in [3.05, 3.63) is 59.5 Å². The fourth-order valence-electron chi connectivity index (χ4n) is 3.16. The Bertz CT molecular complexity index is 1250. The second kappa shape index (κ2) is 14.0. The van der Waals surface area contributed by atoms with Crippen LogP contribution < -0.4 is 20.1 Å². The highest BCUT2D eigenvalue weighted by Crippen LogP contribution is 2.25. The van der Waals surface area contributed by atoms with Gasteiger partial charge in [0.2, 0.25) is 5.88 Å². The van der Waals surface area contributed by atoms with Crippen molar-refractivity contribution >= 4 is 11.8 Å². The van der Waals surface area contributed by atoms with E-state index in [1.54, 1.807) is 23.6 Å². The topological polar surface area (TPSA) is 129 Å². The van der Waals surface area contributed by atoms with E-state index in [-0.39, 0.29) is 49.1 Å². The van der Waals surface area contributed by atoms with Gasteiger partial charge in [-0.3, -0.25) is 9.59 Å². The predicted octanol–water partition coefficient (Wildman–Crippen LogP) is 2.65. The SMILES string of the molecule is CCOc1cc(CNC(=O)c2cn(-c3ccc(C(=O)NCC(F)(F)F)cc3OCCOCCF)nn2)ccn1. The summed E-state index contributed by atoms with van der Waals surface area (Å²) >= 11 is 0. The van der Waals surface area contributed by atoms with Crippen LogP contribution >= 0.6 is 0 Å². The van der Waals surface area contributed by atoms with Crippen molar-refractivity contribution in [3.63, 3.8) is 0 Å². The smallest absolute Gasteiger partial charge is 0.405 e. The molecule has 15 heteroatoms. The average Bonchev–Trinajstić information content (AvgIpc) is 3.40. The lowest BCUT2D eigenvalue weighted by Crippen LogP contribution is -2.33. The van der Waals surface area contributed by atoms with E-state index >= 15 is 0 Å². The molecule has 3 aromatic rings. The van der Waals surface area contributed by atoms with Crippen LogP contribution in [-0.2, 0) is 11.3 Å². The molecule has 0 saturated carbocycles. The largest absolute Gasteiger partial charge is 0.489 e. The van der Waals surface area contributed by atoms with Crippen LogP contribution in [0.2, 0.25) is 0 Å². The molecule has 2 N–H and O–H groups in total. The predicted molar refractivity (Wildman–Crippen MR) is 129 cm³/mol. The van der Waals surface area contributed by atoms with Crippen molar-refractivity contribution in [2.75, 3.05) is 39.6 Å². The van der Waals surface area contributed by atoms with Crippen molar-refractivity contribution in [2.24, 2.45) is 0 Å². The molecule has 0 radical (unpaired) electrons. The molecular weight excluding hydrogens is 528 g/mol. The van der Waals surface area contributed by atoms with E-state index in [2.05, 4.69) is 20.6 Å². The zero-order valence-corrected chi connectivity index (χ0v) is 20.8. The second-order valence-electron chi connectivity index (χ2n) is 7.80. The minimum atomic E-state index is -4.58. The third-order valence-corrected chi connectivity index (χ3v) is 4.90. The minimum Gasteiger partial charge on any atom is -0.489 e. The fraction of sp³-hybridized carbons (Fsp3) is 0.375. The number of rotatable bonds is 14. The Hall–Kier alpha value is -4.27. The molecule has 2 heterocycles. The van der Waals surface area contributed by atoms with Crippen LogP contribution in [0.25, 0.3) is 5.69 Å². The highest BCUT2D eigenvalue weighted by Gasteiger charge is 2.28. The number of aromatic nitrogens is 4. The first-order chi connectivity index (χ1) is 18.7. The van der Waals surface area contributed by atoms with E-state index in [1.807, 2.05) is 6.92 Å². The molecule has 0 aliphatic rings. The van der Waals surface area contributed by atoms with E-state index in [4.69, 9.17) is 14.2 Å². The summed E-state index contributed by atoms with van der Waals surface area (Å²) in [7, 11) is 0. The first-order valence-corrected chi connectivity index (χ1v) is 11.7. The molecular formula is C24H26F4N6O5. The van der Waals surface area contributed by atoms with E-state index < -0.39 is 31.2 Å². The number of benzene rings is 1. The molecule has 3 rings (SSSR count). The molecule has 0 saturated heterocycles. The first-order valence-electron chi connectivity index (χ1n) is 11.7. The molecule has 0 bridgehead atoms. The number of amides is 2. The summed E-state index contributed by atoms with van der Waals surface area (Å²) in [6.07, 6.45) is -1.71. The Morgan fingerprint density at radius 2 is 1.85 bits per heavy atom. The van der Waals surface area contributed by atoms with E-state index in [1.165, 1.54) is 29.1 Å². The van der Waals surface area contributed by atoms with Crippen molar-refractivity contribution in [2.45, 2.75) is 19.6 Å². The summed E-state index contributed by atoms with van der Waals surface area (Å²) in [4.78, 5) is 28.9. The minimum absolute atomic E-state index is 0.0128. The Morgan fingerprint density at radius 1 is 1.03 bits per heavy atom. The summed E-state index contributed by atoms with van der Waals surface area (Å²) in [6, 6.07) is 7.27. The monoisotopic (exact) mass is 554 g/mol. The molecule has 1 aromatic carbocycles. The summed E-state index contributed by atoms with van der Waals surface area (Å²) in [5, 5.41) is 12.3. The Balaban J connectivity index is 1.74. The number of hydrogen-bond donors (Lipinski definition) is 2. The average molecular weight is 555 g/mol. The molecule has 39 heavy (non-hydrogen) atoms. The Labute approximate surface area is 220 Å². The number of halogens is 4. The lowest BCUT2D eigenvalue weighted by atomic mass is 10.1. The Morgan fingerprint density at radius 3 is 2.59 bits per heavy atom. The molecule has 0 fully saturated rings. The maximum Gasteiger partial charge on any atom is 0.405 e. The van der Waals surface area contributed by atoms with E-state index in [9.17, 15) is 27.2 Å². The third-order valence-electron chi connectivity index (χ3n) is 4.90. The highest BCUT2D eigenvalue weighted by atomic mass is 19.4. The van der Waals surface area contributed by atoms with Crippen LogP contribution in [0.1, 0.15) is 33.3 Å². The Kier molecular flexibility index (Phi) is 10.5. The van der Waals surface area contributed by atoms with Crippen LogP contribution in [0, 0.1) is 0 Å². The second-order valence-corrected chi connectivity index (χ2v) is 7.80. The van der Waals surface area contributed by atoms with E-state index in [0.717, 1.165) is 5.56 Å². The normalized spacial score (nSPS) is 11.2. The number of hydrogen-bond acceptors (Lipinski definition) is 8. The van der Waals surface area contributed by atoms with Crippen molar-refractivity contribution < 1.29 is 41.4 Å². The molecule has 2 amide bonds. The van der Waals surface area contributed by atoms with Gasteiger partial charge < -0.3 is 24.8 Å². The van der Waals surface area contributed by atoms with Crippen molar-refractivity contribution in [3.8, 4) is 17.3 Å². The molecule has 0 unspecified atom stereocenters. The van der Waals surface area contributed by atoms with Gasteiger partial charge in [-0.15, -0.1) is 5.10 Å². The lowest BCUT2D eigenvalue weighted by molar-refractivity contribution is -0.123. The van der Waals surface area contributed by atoms with Gasteiger partial charge in [0.15, 0.2) is 5.69 Å². The molecule has 2 aromatic heterocycles. The third kappa shape index (κ3) is 9.21. The van der Waals surface area contributed by atoms with Crippen LogP contribution in [-0.4, -0.2) is 77.6 Å². The number of nitrogens with zero attached hydrogens (tertiary/aromatic N) is 4. The molecule has 0 atom stereocenters. The zero-order chi connectivity index (χ0) is 28.3. The fourth-order valence-corrected chi connectivity index (χ4v) is 3.16. The number of carbonyl (C=O) groups excluding carboxylic acids is 2. The van der Waals surface area contributed by atoms with Crippen LogP contribution in [0.15, 0.2) is 42.7 Å². The number of carbonyl (C=O) groups is 2. The number of nitrogens with one attached hydrogen (secondary N) is 2. The highest BCUT2D eigenvalue weighted by molar-refractivity contribution is 5.95. The maximum absolute atomic E-state index is 12.6. The maximum atomic E-state index is 12.6. The number of pyridine rings is 1. The van der Waals surface area contributed by atoms with Crippen molar-refractivity contribution in [1.29, 1.82) is 0 Å². The summed E-state index contributed by atoms with van der Waals surface area (Å²) in [6.45, 7) is 0.0757. The lowest BCUT2D eigenvalue weighted by Gasteiger charge is -2.14. The number of alkyl halides is 4. The molecule has 0 spiro atoms. The van der Waals surface area contributed by atoms with Crippen molar-refractivity contribution in [1.82, 2.24) is 30.6 Å². The van der Waals surface area contributed by atoms with Gasteiger partial charge in [0.1, 0.15) is 31.3 Å². The van der Waals surface area contributed by atoms with Gasteiger partial charge in [0.25, 0.3) is 11.8 Å². The van der Waals surface area contributed by atoms with Gasteiger partial charge in [0.05, 0.1) is 26.0 Å². The molecule has 11 nitrogen and oxygen atoms in total. The van der Waals surface area contributed by atoms with Gasteiger partial charge in [-0.25, -0.2) is 14.1 Å². The van der Waals surface area contributed by atoms with Gasteiger partial charge in [-0.2, -0.15) is 13.2 Å². The number of ether oxygens (including phenoxy) is 3. The molecule has 0 aliphatic carbocycles. The molecule has 0 aliphatic heterocycles. The van der Waals surface area contributed by atoms with Gasteiger partial charge in [-0.1, -0.05) is 5.21 Å². The molecule has 210 valence electrons. The zero-order valence-electron chi connectivity index (χ0n) is 20.8. The summed E-state index contributed by atoms with van der Waals surface area (Å²) in [5.41, 5.74) is 0.858. The van der Waals surface area contributed by atoms with Crippen LogP contribution in [0.5, 0.6) is 11.6 Å². The quantitative estimate of drug-likeness (QED) is 0.230. The van der Waals surface area contributed by atoms with Gasteiger partial charge in [-0.05, 0) is 36.8 Å². The van der Waals surface area contributed by atoms with Gasteiger partial charge in [0, 0.05) is 24.4 Å². The summed E-state index contributed by atoms with van der Waals surface area (Å²) < 4.78 is 66.9.